The number of aromatic hydroxyl groups is 1. The third-order valence-corrected chi connectivity index (χ3v) is 3.93. The van der Waals surface area contributed by atoms with Crippen LogP contribution in [0.25, 0.3) is 22.3 Å². The Morgan fingerprint density at radius 2 is 1.91 bits per heavy atom. The van der Waals surface area contributed by atoms with Gasteiger partial charge in [0.25, 0.3) is 0 Å². The molecule has 0 aliphatic heterocycles. The molecule has 1 N–H and O–H groups in total. The lowest BCUT2D eigenvalue weighted by Gasteiger charge is -2.22. The number of benzene rings is 1. The molecule has 0 saturated heterocycles. The SMILES string of the molecule is COc1ccc2c(C(C)(C)C)nc(-c3nccn3C)c(O)c2c1. The van der Waals surface area contributed by atoms with Gasteiger partial charge in [-0.15, -0.1) is 0 Å². The summed E-state index contributed by atoms with van der Waals surface area (Å²) in [6.45, 7) is 6.33. The fraction of sp³-hybridized carbons (Fsp3) is 0.333. The second-order valence-corrected chi connectivity index (χ2v) is 6.68. The van der Waals surface area contributed by atoms with Gasteiger partial charge in [0.1, 0.15) is 11.4 Å². The van der Waals surface area contributed by atoms with Crippen molar-refractivity contribution in [2.75, 3.05) is 7.11 Å². The highest BCUT2D eigenvalue weighted by atomic mass is 16.5. The van der Waals surface area contributed by atoms with E-state index in [1.165, 1.54) is 0 Å². The van der Waals surface area contributed by atoms with Gasteiger partial charge in [-0.05, 0) is 18.2 Å². The van der Waals surface area contributed by atoms with E-state index >= 15 is 0 Å². The van der Waals surface area contributed by atoms with Crippen LogP contribution < -0.4 is 4.74 Å². The van der Waals surface area contributed by atoms with Crippen LogP contribution in [0, 0.1) is 0 Å². The van der Waals surface area contributed by atoms with Gasteiger partial charge in [0.15, 0.2) is 11.6 Å². The van der Waals surface area contributed by atoms with Crippen LogP contribution in [0.4, 0.5) is 0 Å². The lowest BCUT2D eigenvalue weighted by molar-refractivity contribution is 0.415. The molecule has 5 nitrogen and oxygen atoms in total. The highest BCUT2D eigenvalue weighted by Gasteiger charge is 2.24. The Morgan fingerprint density at radius 3 is 2.48 bits per heavy atom. The van der Waals surface area contributed by atoms with E-state index in [2.05, 4.69) is 25.8 Å². The molecule has 0 aliphatic rings. The molecular formula is C18H21N3O2. The molecule has 120 valence electrons. The van der Waals surface area contributed by atoms with Crippen LogP contribution in [0.1, 0.15) is 26.5 Å². The third-order valence-electron chi connectivity index (χ3n) is 3.93. The Balaban J connectivity index is 2.42. The van der Waals surface area contributed by atoms with Crippen LogP contribution in [-0.2, 0) is 12.5 Å². The molecule has 0 amide bonds. The smallest absolute Gasteiger partial charge is 0.162 e. The van der Waals surface area contributed by atoms with Gasteiger partial charge in [0, 0.05) is 35.6 Å². The van der Waals surface area contributed by atoms with Crippen molar-refractivity contribution in [1.82, 2.24) is 14.5 Å². The van der Waals surface area contributed by atoms with Gasteiger partial charge in [-0.25, -0.2) is 9.97 Å². The molecule has 0 spiro atoms. The first-order valence-electron chi connectivity index (χ1n) is 7.52. The number of hydrogen-bond acceptors (Lipinski definition) is 4. The molecule has 0 saturated carbocycles. The molecule has 2 aromatic heterocycles. The molecule has 3 rings (SSSR count). The van der Waals surface area contributed by atoms with E-state index in [-0.39, 0.29) is 11.2 Å². The maximum Gasteiger partial charge on any atom is 0.162 e. The number of methoxy groups -OCH3 is 1. The average Bonchev–Trinajstić information content (AvgIpc) is 2.92. The summed E-state index contributed by atoms with van der Waals surface area (Å²) in [7, 11) is 3.50. The summed E-state index contributed by atoms with van der Waals surface area (Å²) >= 11 is 0. The zero-order valence-corrected chi connectivity index (χ0v) is 14.1. The van der Waals surface area contributed by atoms with Crippen LogP contribution in [0.5, 0.6) is 11.5 Å². The van der Waals surface area contributed by atoms with Crippen LogP contribution in [0.15, 0.2) is 30.6 Å². The molecule has 3 aromatic rings. The Kier molecular flexibility index (Phi) is 3.51. The number of ether oxygens (including phenoxy) is 1. The molecule has 0 fully saturated rings. The Bertz CT molecular complexity index is 876. The van der Waals surface area contributed by atoms with Gasteiger partial charge in [-0.2, -0.15) is 0 Å². The van der Waals surface area contributed by atoms with Crippen LogP contribution in [0.2, 0.25) is 0 Å². The molecular weight excluding hydrogens is 290 g/mol. The number of fused-ring (bicyclic) bond motifs is 1. The number of hydrogen-bond donors (Lipinski definition) is 1. The molecule has 5 heteroatoms. The average molecular weight is 311 g/mol. The van der Waals surface area contributed by atoms with Crippen molar-refractivity contribution in [3.05, 3.63) is 36.3 Å². The summed E-state index contributed by atoms with van der Waals surface area (Å²) in [5, 5.41) is 12.4. The topological polar surface area (TPSA) is 60.2 Å². The molecule has 0 atom stereocenters. The maximum absolute atomic E-state index is 10.8. The lowest BCUT2D eigenvalue weighted by Crippen LogP contribution is -2.15. The van der Waals surface area contributed by atoms with E-state index in [0.717, 1.165) is 16.5 Å². The van der Waals surface area contributed by atoms with Crippen molar-refractivity contribution in [1.29, 1.82) is 0 Å². The van der Waals surface area contributed by atoms with E-state index in [4.69, 9.17) is 9.72 Å². The minimum Gasteiger partial charge on any atom is -0.505 e. The maximum atomic E-state index is 10.8. The van der Waals surface area contributed by atoms with Crippen LogP contribution >= 0.6 is 0 Å². The van der Waals surface area contributed by atoms with Crippen molar-refractivity contribution in [2.24, 2.45) is 7.05 Å². The summed E-state index contributed by atoms with van der Waals surface area (Å²) in [6, 6.07) is 5.68. The van der Waals surface area contributed by atoms with Crippen molar-refractivity contribution in [3.63, 3.8) is 0 Å². The van der Waals surface area contributed by atoms with Crippen molar-refractivity contribution in [2.45, 2.75) is 26.2 Å². The normalized spacial score (nSPS) is 11.9. The second-order valence-electron chi connectivity index (χ2n) is 6.68. The Hall–Kier alpha value is -2.56. The van der Waals surface area contributed by atoms with E-state index in [1.54, 1.807) is 13.3 Å². The Morgan fingerprint density at radius 1 is 1.17 bits per heavy atom. The standard InChI is InChI=1S/C18H21N3O2/c1-18(2,3)16-12-7-6-11(23-5)10-13(12)15(22)14(20-16)17-19-8-9-21(17)4/h6-10,22H,1-5H3. The van der Waals surface area contributed by atoms with Gasteiger partial charge in [0.05, 0.1) is 12.8 Å². The first-order chi connectivity index (χ1) is 10.8. The number of imidazole rings is 1. The van der Waals surface area contributed by atoms with Gasteiger partial charge >= 0.3 is 0 Å². The van der Waals surface area contributed by atoms with E-state index < -0.39 is 0 Å². The number of aryl methyl sites for hydroxylation is 1. The third kappa shape index (κ3) is 2.52. The predicted octanol–water partition coefficient (Wildman–Crippen LogP) is 3.65. The number of rotatable bonds is 2. The van der Waals surface area contributed by atoms with Crippen LogP contribution in [-0.4, -0.2) is 26.8 Å². The van der Waals surface area contributed by atoms with Crippen molar-refractivity contribution in [3.8, 4) is 23.0 Å². The zero-order chi connectivity index (χ0) is 16.8. The number of aromatic nitrogens is 3. The lowest BCUT2D eigenvalue weighted by atomic mass is 9.87. The highest BCUT2D eigenvalue weighted by molar-refractivity contribution is 5.95. The van der Waals surface area contributed by atoms with E-state index in [1.807, 2.05) is 36.0 Å². The number of nitrogens with zero attached hydrogens (tertiary/aromatic N) is 3. The predicted molar refractivity (Wildman–Crippen MR) is 90.9 cm³/mol. The minimum absolute atomic E-state index is 0.126. The minimum atomic E-state index is -0.166. The number of pyridine rings is 1. The quantitative estimate of drug-likeness (QED) is 0.785. The van der Waals surface area contributed by atoms with Gasteiger partial charge < -0.3 is 14.4 Å². The summed E-state index contributed by atoms with van der Waals surface area (Å²) in [5.41, 5.74) is 1.25. The van der Waals surface area contributed by atoms with Gasteiger partial charge in [-0.1, -0.05) is 20.8 Å². The van der Waals surface area contributed by atoms with Crippen molar-refractivity contribution < 1.29 is 9.84 Å². The van der Waals surface area contributed by atoms with Gasteiger partial charge in [-0.3, -0.25) is 0 Å². The van der Waals surface area contributed by atoms with Crippen molar-refractivity contribution >= 4 is 10.8 Å². The summed E-state index contributed by atoms with van der Waals surface area (Å²) in [5.74, 6) is 1.46. The van der Waals surface area contributed by atoms with E-state index in [0.29, 0.717) is 17.3 Å². The van der Waals surface area contributed by atoms with Crippen LogP contribution in [0.3, 0.4) is 0 Å². The molecule has 2 heterocycles. The van der Waals surface area contributed by atoms with Gasteiger partial charge in [0.2, 0.25) is 0 Å². The first kappa shape index (κ1) is 15.3. The fourth-order valence-corrected chi connectivity index (χ4v) is 2.73. The first-order valence-corrected chi connectivity index (χ1v) is 7.52. The summed E-state index contributed by atoms with van der Waals surface area (Å²) in [6.07, 6.45) is 3.53. The monoisotopic (exact) mass is 311 g/mol. The molecule has 0 unspecified atom stereocenters. The Labute approximate surface area is 135 Å². The highest BCUT2D eigenvalue weighted by Crippen LogP contribution is 2.40. The fourth-order valence-electron chi connectivity index (χ4n) is 2.73. The summed E-state index contributed by atoms with van der Waals surface area (Å²) in [4.78, 5) is 9.08. The summed E-state index contributed by atoms with van der Waals surface area (Å²) < 4.78 is 7.15. The molecule has 1 aromatic carbocycles. The molecule has 0 bridgehead atoms. The van der Waals surface area contributed by atoms with E-state index in [9.17, 15) is 5.11 Å². The molecule has 0 aliphatic carbocycles. The molecule has 0 radical (unpaired) electrons. The largest absolute Gasteiger partial charge is 0.505 e. The zero-order valence-electron chi connectivity index (χ0n) is 14.1. The molecule has 23 heavy (non-hydrogen) atoms. The second kappa shape index (κ2) is 5.26.